The highest BCUT2D eigenvalue weighted by atomic mass is 32.1. The minimum absolute atomic E-state index is 0.0384. The first kappa shape index (κ1) is 17.6. The van der Waals surface area contributed by atoms with Crippen LogP contribution in [0.25, 0.3) is 6.08 Å². The third-order valence-corrected chi connectivity index (χ3v) is 5.88. The van der Waals surface area contributed by atoms with Crippen molar-refractivity contribution in [3.63, 3.8) is 0 Å². The van der Waals surface area contributed by atoms with Crippen molar-refractivity contribution in [3.05, 3.63) is 22.2 Å². The molecule has 0 saturated carbocycles. The van der Waals surface area contributed by atoms with Gasteiger partial charge in [0.15, 0.2) is 0 Å². The summed E-state index contributed by atoms with van der Waals surface area (Å²) >= 11 is 1.60. The molecule has 132 valence electrons. The lowest BCUT2D eigenvalue weighted by atomic mass is 9.86. The fourth-order valence-electron chi connectivity index (χ4n) is 3.65. The van der Waals surface area contributed by atoms with Gasteiger partial charge in [-0.1, -0.05) is 6.42 Å². The van der Waals surface area contributed by atoms with Crippen molar-refractivity contribution < 1.29 is 9.53 Å². The molecule has 2 saturated heterocycles. The highest BCUT2D eigenvalue weighted by molar-refractivity contribution is 7.09. The average molecular weight is 350 g/mol. The fourth-order valence-corrected chi connectivity index (χ4v) is 4.23. The Balaban J connectivity index is 1.58. The molecule has 1 N–H and O–H groups in total. The Morgan fingerprint density at radius 1 is 1.38 bits per heavy atom. The first-order chi connectivity index (χ1) is 11.7. The maximum atomic E-state index is 12.2. The number of hydrogen-bond acceptors (Lipinski definition) is 5. The Labute approximate surface area is 148 Å². The summed E-state index contributed by atoms with van der Waals surface area (Å²) < 4.78 is 5.57. The van der Waals surface area contributed by atoms with Gasteiger partial charge >= 0.3 is 0 Å². The summed E-state index contributed by atoms with van der Waals surface area (Å²) in [5.41, 5.74) is 0.920. The van der Waals surface area contributed by atoms with Crippen LogP contribution < -0.4 is 5.32 Å². The van der Waals surface area contributed by atoms with Crippen LogP contribution in [0.15, 0.2) is 11.5 Å². The van der Waals surface area contributed by atoms with Crippen molar-refractivity contribution in [3.8, 4) is 0 Å². The number of aromatic nitrogens is 1. The minimum Gasteiger partial charge on any atom is -0.381 e. The van der Waals surface area contributed by atoms with E-state index in [4.69, 9.17) is 4.74 Å². The maximum absolute atomic E-state index is 12.2. The van der Waals surface area contributed by atoms with Crippen LogP contribution in [-0.4, -0.2) is 54.2 Å². The lowest BCUT2D eigenvalue weighted by molar-refractivity contribution is -0.118. The van der Waals surface area contributed by atoms with Crippen LogP contribution in [0, 0.1) is 6.92 Å². The first-order valence-corrected chi connectivity index (χ1v) is 9.77. The number of amides is 1. The molecule has 6 heteroatoms. The van der Waals surface area contributed by atoms with Crippen molar-refractivity contribution in [2.45, 2.75) is 44.6 Å². The highest BCUT2D eigenvalue weighted by Gasteiger charge is 2.38. The summed E-state index contributed by atoms with van der Waals surface area (Å²) in [5.74, 6) is -0.0384. The van der Waals surface area contributed by atoms with Gasteiger partial charge < -0.3 is 10.1 Å². The van der Waals surface area contributed by atoms with E-state index in [-0.39, 0.29) is 11.4 Å². The van der Waals surface area contributed by atoms with E-state index in [1.807, 2.05) is 12.3 Å². The Hall–Kier alpha value is -1.24. The molecule has 0 bridgehead atoms. The van der Waals surface area contributed by atoms with Crippen molar-refractivity contribution >= 4 is 23.3 Å². The number of rotatable bonds is 5. The monoisotopic (exact) mass is 349 g/mol. The summed E-state index contributed by atoms with van der Waals surface area (Å²) in [7, 11) is 0. The number of thiazole rings is 1. The lowest BCUT2D eigenvalue weighted by Crippen LogP contribution is -2.59. The second kappa shape index (κ2) is 8.23. The Morgan fingerprint density at radius 2 is 2.12 bits per heavy atom. The third kappa shape index (κ3) is 4.43. The van der Waals surface area contributed by atoms with Crippen molar-refractivity contribution in [1.82, 2.24) is 15.2 Å². The molecule has 0 aliphatic carbocycles. The van der Waals surface area contributed by atoms with E-state index in [2.05, 4.69) is 15.2 Å². The first-order valence-electron chi connectivity index (χ1n) is 8.89. The van der Waals surface area contributed by atoms with Gasteiger partial charge in [0.2, 0.25) is 5.91 Å². The molecule has 1 aromatic heterocycles. The average Bonchev–Trinajstić information content (AvgIpc) is 3.05. The summed E-state index contributed by atoms with van der Waals surface area (Å²) in [6.45, 7) is 6.54. The van der Waals surface area contributed by atoms with Gasteiger partial charge in [-0.3, -0.25) is 9.69 Å². The molecule has 0 aromatic carbocycles. The number of carbonyl (C=O) groups is 1. The zero-order valence-corrected chi connectivity index (χ0v) is 15.2. The molecule has 1 aromatic rings. The number of hydrogen-bond donors (Lipinski definition) is 1. The standard InChI is InChI=1S/C18H27N3O2S/c1-15-20-16(13-24-15)5-6-17(22)19-14-18(7-11-23-12-8-18)21-9-3-2-4-10-21/h5-6,13H,2-4,7-12,14H2,1H3,(H,19,22)/b6-5+. The number of carbonyl (C=O) groups excluding carboxylic acids is 1. The molecule has 3 rings (SSSR count). The van der Waals surface area contributed by atoms with Gasteiger partial charge in [-0.15, -0.1) is 11.3 Å². The summed E-state index contributed by atoms with van der Waals surface area (Å²) in [6.07, 6.45) is 9.24. The molecular weight excluding hydrogens is 322 g/mol. The van der Waals surface area contributed by atoms with Crippen LogP contribution >= 0.6 is 11.3 Å². The molecule has 0 unspecified atom stereocenters. The van der Waals surface area contributed by atoms with Crippen LogP contribution in [0.2, 0.25) is 0 Å². The van der Waals surface area contributed by atoms with Crippen molar-refractivity contribution in [2.75, 3.05) is 32.8 Å². The molecule has 5 nitrogen and oxygen atoms in total. The number of nitrogens with zero attached hydrogens (tertiary/aromatic N) is 2. The van der Waals surface area contributed by atoms with Gasteiger partial charge in [-0.2, -0.15) is 0 Å². The van der Waals surface area contributed by atoms with Crippen LogP contribution in [0.3, 0.4) is 0 Å². The summed E-state index contributed by atoms with van der Waals surface area (Å²) in [4.78, 5) is 19.2. The van der Waals surface area contributed by atoms with Crippen LogP contribution in [-0.2, 0) is 9.53 Å². The van der Waals surface area contributed by atoms with E-state index in [0.717, 1.165) is 49.8 Å². The third-order valence-electron chi connectivity index (χ3n) is 5.08. The SMILES string of the molecule is Cc1nc(/C=C/C(=O)NCC2(N3CCCCC3)CCOCC2)cs1. The number of piperidine rings is 1. The maximum Gasteiger partial charge on any atom is 0.244 e. The molecule has 0 radical (unpaired) electrons. The van der Waals surface area contributed by atoms with Gasteiger partial charge in [0, 0.05) is 36.8 Å². The zero-order chi connectivity index (χ0) is 16.8. The normalized spacial score (nSPS) is 21.9. The number of likely N-dealkylation sites (tertiary alicyclic amines) is 1. The van der Waals surface area contributed by atoms with Crippen LogP contribution in [0.4, 0.5) is 0 Å². The molecule has 1 amide bonds. The highest BCUT2D eigenvalue weighted by Crippen LogP contribution is 2.30. The Kier molecular flexibility index (Phi) is 6.03. The van der Waals surface area contributed by atoms with Crippen molar-refractivity contribution in [2.24, 2.45) is 0 Å². The Bertz CT molecular complexity index is 573. The smallest absolute Gasteiger partial charge is 0.244 e. The van der Waals surface area contributed by atoms with E-state index < -0.39 is 0 Å². The molecule has 3 heterocycles. The van der Waals surface area contributed by atoms with E-state index in [0.29, 0.717) is 6.54 Å². The second-order valence-corrected chi connectivity index (χ2v) is 7.79. The van der Waals surface area contributed by atoms with Crippen LogP contribution in [0.5, 0.6) is 0 Å². The van der Waals surface area contributed by atoms with Crippen LogP contribution in [0.1, 0.15) is 42.8 Å². The predicted molar refractivity (Wildman–Crippen MR) is 97.1 cm³/mol. The van der Waals surface area contributed by atoms with E-state index in [1.165, 1.54) is 19.3 Å². The molecule has 0 atom stereocenters. The largest absolute Gasteiger partial charge is 0.381 e. The molecule has 24 heavy (non-hydrogen) atoms. The number of ether oxygens (including phenoxy) is 1. The molecule has 2 aliphatic heterocycles. The zero-order valence-electron chi connectivity index (χ0n) is 14.4. The molecule has 2 aliphatic rings. The molecule has 2 fully saturated rings. The van der Waals surface area contributed by atoms with E-state index >= 15 is 0 Å². The van der Waals surface area contributed by atoms with Gasteiger partial charge in [-0.25, -0.2) is 4.98 Å². The van der Waals surface area contributed by atoms with Crippen molar-refractivity contribution in [1.29, 1.82) is 0 Å². The van der Waals surface area contributed by atoms with Gasteiger partial charge in [0.25, 0.3) is 0 Å². The summed E-state index contributed by atoms with van der Waals surface area (Å²) in [6, 6.07) is 0. The van der Waals surface area contributed by atoms with Gasteiger partial charge in [0.1, 0.15) is 0 Å². The molecule has 0 spiro atoms. The van der Waals surface area contributed by atoms with Gasteiger partial charge in [0.05, 0.1) is 10.7 Å². The summed E-state index contributed by atoms with van der Waals surface area (Å²) in [5, 5.41) is 6.10. The quantitative estimate of drug-likeness (QED) is 0.830. The number of aryl methyl sites for hydroxylation is 1. The topological polar surface area (TPSA) is 54.5 Å². The fraction of sp³-hybridized carbons (Fsp3) is 0.667. The van der Waals surface area contributed by atoms with E-state index in [9.17, 15) is 4.79 Å². The predicted octanol–water partition coefficient (Wildman–Crippen LogP) is 2.62. The lowest BCUT2D eigenvalue weighted by Gasteiger charge is -2.48. The Morgan fingerprint density at radius 3 is 2.79 bits per heavy atom. The minimum atomic E-state index is -0.0384. The molecular formula is C18H27N3O2S. The second-order valence-electron chi connectivity index (χ2n) is 6.73. The number of nitrogens with one attached hydrogen (secondary N) is 1. The van der Waals surface area contributed by atoms with E-state index in [1.54, 1.807) is 23.5 Å². The van der Waals surface area contributed by atoms with Gasteiger partial charge in [-0.05, 0) is 51.8 Å².